The molecule has 1 nitrogen and oxygen atoms in total. The molecule has 1 unspecified atom stereocenters. The third-order valence-electron chi connectivity index (χ3n) is 6.23. The lowest BCUT2D eigenvalue weighted by molar-refractivity contribution is 0.407. The number of hydrogen-bond acceptors (Lipinski definition) is 1. The molecule has 0 spiro atoms. The van der Waals surface area contributed by atoms with Crippen LogP contribution in [-0.4, -0.2) is 7.11 Å². The van der Waals surface area contributed by atoms with Crippen molar-refractivity contribution in [1.82, 2.24) is 0 Å². The molecule has 0 radical (unpaired) electrons. The highest BCUT2D eigenvalue weighted by Gasteiger charge is 2.26. The summed E-state index contributed by atoms with van der Waals surface area (Å²) in [5.74, 6) is -4.94. The van der Waals surface area contributed by atoms with E-state index in [1.165, 1.54) is 19.2 Å². The van der Waals surface area contributed by atoms with E-state index in [0.29, 0.717) is 17.4 Å². The number of hydrogen-bond donors (Lipinski definition) is 0. The second-order valence-corrected chi connectivity index (χ2v) is 8.45. The molecule has 0 aromatic heterocycles. The Kier molecular flexibility index (Phi) is 5.39. The molecular weight excluding hydrogens is 447 g/mol. The molecule has 4 aromatic carbocycles. The minimum atomic E-state index is -1.20. The molecule has 1 aliphatic rings. The Labute approximate surface area is 192 Å². The van der Waals surface area contributed by atoms with Gasteiger partial charge in [0.05, 0.1) is 12.7 Å². The fourth-order valence-electron chi connectivity index (χ4n) is 4.77. The Morgan fingerprint density at radius 2 is 1.38 bits per heavy atom. The Hall–Kier alpha value is -3.67. The molecule has 4 aromatic rings. The van der Waals surface area contributed by atoms with E-state index in [1.807, 2.05) is 25.2 Å². The van der Waals surface area contributed by atoms with Crippen molar-refractivity contribution in [2.24, 2.45) is 5.92 Å². The van der Waals surface area contributed by atoms with Crippen LogP contribution >= 0.6 is 0 Å². The van der Waals surface area contributed by atoms with Crippen molar-refractivity contribution in [3.05, 3.63) is 95.3 Å². The zero-order valence-corrected chi connectivity index (χ0v) is 18.4. The van der Waals surface area contributed by atoms with Gasteiger partial charge in [-0.15, -0.1) is 0 Å². The molecule has 1 atom stereocenters. The van der Waals surface area contributed by atoms with Crippen molar-refractivity contribution in [1.29, 1.82) is 0 Å². The second-order valence-electron chi connectivity index (χ2n) is 8.45. The van der Waals surface area contributed by atoms with E-state index in [1.54, 1.807) is 6.07 Å². The molecule has 0 fully saturated rings. The predicted molar refractivity (Wildman–Crippen MR) is 124 cm³/mol. The molecule has 0 saturated heterocycles. The molecule has 0 N–H and O–H groups in total. The number of benzene rings is 4. The van der Waals surface area contributed by atoms with Gasteiger partial charge < -0.3 is 4.74 Å². The standard InChI is InChI=1S/C28H19F5O/c1-14-5-3-6-15(9-14)25-17-7-4-8-20(29)26(17)27(19-13-22(31)21(30)12-18(19)25)28-23(32)10-16(34-2)11-24(28)33/h3-8,10-14H,9H2,1-2H3. The first-order chi connectivity index (χ1) is 16.3. The van der Waals surface area contributed by atoms with Gasteiger partial charge in [-0.3, -0.25) is 0 Å². The first kappa shape index (κ1) is 22.1. The van der Waals surface area contributed by atoms with E-state index < -0.39 is 34.6 Å². The predicted octanol–water partition coefficient (Wildman–Crippen LogP) is 8.34. The summed E-state index contributed by atoms with van der Waals surface area (Å²) in [5.41, 5.74) is 0.592. The van der Waals surface area contributed by atoms with Gasteiger partial charge in [0.25, 0.3) is 0 Å². The van der Waals surface area contributed by atoms with Gasteiger partial charge in [0.15, 0.2) is 11.6 Å². The molecule has 6 heteroatoms. The maximum absolute atomic E-state index is 15.4. The first-order valence-corrected chi connectivity index (χ1v) is 10.7. The van der Waals surface area contributed by atoms with Gasteiger partial charge in [-0.2, -0.15) is 0 Å². The lowest BCUT2D eigenvalue weighted by Crippen LogP contribution is -2.03. The maximum atomic E-state index is 15.4. The van der Waals surface area contributed by atoms with Gasteiger partial charge in [-0.1, -0.05) is 37.3 Å². The molecule has 34 heavy (non-hydrogen) atoms. The molecule has 0 heterocycles. The van der Waals surface area contributed by atoms with Crippen LogP contribution in [0, 0.1) is 35.0 Å². The van der Waals surface area contributed by atoms with Crippen LogP contribution in [0.5, 0.6) is 5.75 Å². The van der Waals surface area contributed by atoms with E-state index in [4.69, 9.17) is 4.74 Å². The van der Waals surface area contributed by atoms with Crippen molar-refractivity contribution in [2.45, 2.75) is 13.3 Å². The van der Waals surface area contributed by atoms with Crippen molar-refractivity contribution in [3.8, 4) is 16.9 Å². The minimum Gasteiger partial charge on any atom is -0.497 e. The summed E-state index contributed by atoms with van der Waals surface area (Å²) < 4.78 is 79.8. The highest BCUT2D eigenvalue weighted by molar-refractivity contribution is 6.19. The van der Waals surface area contributed by atoms with Gasteiger partial charge in [0.2, 0.25) is 0 Å². The first-order valence-electron chi connectivity index (χ1n) is 10.7. The fraction of sp³-hybridized carbons (Fsp3) is 0.143. The second kappa shape index (κ2) is 8.28. The summed E-state index contributed by atoms with van der Waals surface area (Å²) in [6, 6.07) is 8.12. The van der Waals surface area contributed by atoms with Gasteiger partial charge in [-0.05, 0) is 57.8 Å². The maximum Gasteiger partial charge on any atom is 0.159 e. The smallest absolute Gasteiger partial charge is 0.159 e. The van der Waals surface area contributed by atoms with Crippen LogP contribution in [0.4, 0.5) is 22.0 Å². The van der Waals surface area contributed by atoms with Gasteiger partial charge in [-0.25, -0.2) is 22.0 Å². The van der Waals surface area contributed by atoms with Crippen molar-refractivity contribution >= 4 is 27.1 Å². The van der Waals surface area contributed by atoms with E-state index in [9.17, 15) is 8.78 Å². The van der Waals surface area contributed by atoms with Gasteiger partial charge in [0.1, 0.15) is 23.2 Å². The quantitative estimate of drug-likeness (QED) is 0.218. The summed E-state index contributed by atoms with van der Waals surface area (Å²) in [5, 5.41) is 0.548. The van der Waals surface area contributed by atoms with Crippen LogP contribution in [0.25, 0.3) is 38.2 Å². The summed E-state index contributed by atoms with van der Waals surface area (Å²) in [4.78, 5) is 0. The molecule has 0 saturated carbocycles. The van der Waals surface area contributed by atoms with E-state index in [-0.39, 0.29) is 33.4 Å². The number of methoxy groups -OCH3 is 1. The van der Waals surface area contributed by atoms with E-state index in [0.717, 1.165) is 29.8 Å². The molecule has 0 amide bonds. The summed E-state index contributed by atoms with van der Waals surface area (Å²) >= 11 is 0. The lowest BCUT2D eigenvalue weighted by Gasteiger charge is -2.22. The van der Waals surface area contributed by atoms with E-state index in [2.05, 4.69) is 0 Å². The highest BCUT2D eigenvalue weighted by atomic mass is 19.2. The third kappa shape index (κ3) is 3.45. The third-order valence-corrected chi connectivity index (χ3v) is 6.23. The summed E-state index contributed by atoms with van der Waals surface area (Å²) in [6.07, 6.45) is 6.29. The molecule has 0 aliphatic heterocycles. The topological polar surface area (TPSA) is 9.23 Å². The lowest BCUT2D eigenvalue weighted by atomic mass is 9.82. The summed E-state index contributed by atoms with van der Waals surface area (Å²) in [6.45, 7) is 2.01. The van der Waals surface area contributed by atoms with Crippen LogP contribution in [0.15, 0.2) is 60.7 Å². The van der Waals surface area contributed by atoms with E-state index >= 15 is 13.2 Å². The van der Waals surface area contributed by atoms with Crippen LogP contribution < -0.4 is 4.74 Å². The largest absolute Gasteiger partial charge is 0.497 e. The van der Waals surface area contributed by atoms with Crippen LogP contribution in [0.2, 0.25) is 0 Å². The number of allylic oxidation sites excluding steroid dienone is 4. The van der Waals surface area contributed by atoms with Crippen molar-refractivity contribution in [2.75, 3.05) is 7.11 Å². The molecule has 5 rings (SSSR count). The van der Waals surface area contributed by atoms with Crippen LogP contribution in [0.1, 0.15) is 18.9 Å². The molecule has 1 aliphatic carbocycles. The van der Waals surface area contributed by atoms with Crippen LogP contribution in [0.3, 0.4) is 0 Å². The van der Waals surface area contributed by atoms with Gasteiger partial charge >= 0.3 is 0 Å². The fourth-order valence-corrected chi connectivity index (χ4v) is 4.77. The average Bonchev–Trinajstić information content (AvgIpc) is 2.79. The monoisotopic (exact) mass is 466 g/mol. The van der Waals surface area contributed by atoms with Crippen LogP contribution in [-0.2, 0) is 0 Å². The minimum absolute atomic E-state index is 0.0116. The molecular formula is C28H19F5O. The Balaban J connectivity index is 2.03. The Morgan fingerprint density at radius 3 is 2.00 bits per heavy atom. The van der Waals surface area contributed by atoms with Gasteiger partial charge in [0, 0.05) is 23.1 Å². The SMILES string of the molecule is COc1cc(F)c(-c2c3cc(F)c(F)cc3c(C3=CC=CC(C)C3)c3cccc(F)c23)c(F)c1. The number of halogens is 5. The number of fused-ring (bicyclic) bond motifs is 2. The zero-order chi connectivity index (χ0) is 24.1. The van der Waals surface area contributed by atoms with Crippen molar-refractivity contribution < 1.29 is 26.7 Å². The number of rotatable bonds is 3. The molecule has 172 valence electrons. The zero-order valence-electron chi connectivity index (χ0n) is 18.4. The Morgan fingerprint density at radius 1 is 0.735 bits per heavy atom. The number of ether oxygens (including phenoxy) is 1. The van der Waals surface area contributed by atoms with Crippen molar-refractivity contribution in [3.63, 3.8) is 0 Å². The average molecular weight is 466 g/mol. The Bertz CT molecular complexity index is 1510. The molecule has 0 bridgehead atoms. The highest BCUT2D eigenvalue weighted by Crippen LogP contribution is 2.46. The summed E-state index contributed by atoms with van der Waals surface area (Å²) in [7, 11) is 1.26. The normalized spacial score (nSPS) is 15.7.